The highest BCUT2D eigenvalue weighted by atomic mass is 16.5. The normalized spacial score (nSPS) is 16.2. The zero-order valence-corrected chi connectivity index (χ0v) is 13.4. The van der Waals surface area contributed by atoms with Crippen LogP contribution in [-0.4, -0.2) is 78.8 Å². The van der Waals surface area contributed by atoms with Crippen molar-refractivity contribution in [3.05, 3.63) is 11.7 Å². The lowest BCUT2D eigenvalue weighted by Crippen LogP contribution is -2.50. The lowest BCUT2D eigenvalue weighted by atomic mass is 10.3. The average Bonchev–Trinajstić information content (AvgIpc) is 3.00. The van der Waals surface area contributed by atoms with Gasteiger partial charge in [0.2, 0.25) is 11.8 Å². The summed E-state index contributed by atoms with van der Waals surface area (Å²) >= 11 is 0. The first-order valence-corrected chi connectivity index (χ1v) is 7.74. The zero-order chi connectivity index (χ0) is 15.8. The van der Waals surface area contributed by atoms with Crippen LogP contribution in [0.25, 0.3) is 0 Å². The molecule has 8 heteroatoms. The minimum atomic E-state index is 0.142. The fourth-order valence-electron chi connectivity index (χ4n) is 2.33. The number of aryl methyl sites for hydroxylation is 1. The zero-order valence-electron chi connectivity index (χ0n) is 13.4. The minimum Gasteiger partial charge on any atom is -0.383 e. The van der Waals surface area contributed by atoms with Gasteiger partial charge >= 0.3 is 0 Å². The average molecular weight is 311 g/mol. The van der Waals surface area contributed by atoms with Gasteiger partial charge in [0.15, 0.2) is 5.82 Å². The molecule has 1 saturated heterocycles. The van der Waals surface area contributed by atoms with Gasteiger partial charge in [0.25, 0.3) is 0 Å². The first-order chi connectivity index (χ1) is 10.7. The summed E-state index contributed by atoms with van der Waals surface area (Å²) in [5, 5.41) is 7.04. The maximum atomic E-state index is 12.0. The van der Waals surface area contributed by atoms with Gasteiger partial charge in [-0.2, -0.15) is 4.98 Å². The van der Waals surface area contributed by atoms with Gasteiger partial charge in [-0.25, -0.2) is 0 Å². The molecule has 22 heavy (non-hydrogen) atoms. The molecule has 2 heterocycles. The van der Waals surface area contributed by atoms with Crippen molar-refractivity contribution < 1.29 is 14.1 Å². The number of methoxy groups -OCH3 is 1. The Balaban J connectivity index is 1.67. The molecule has 0 atom stereocenters. The van der Waals surface area contributed by atoms with Crippen LogP contribution in [0.3, 0.4) is 0 Å². The van der Waals surface area contributed by atoms with Gasteiger partial charge in [-0.05, 0) is 0 Å². The number of nitrogens with zero attached hydrogens (tertiary/aromatic N) is 4. The number of rotatable bonds is 8. The van der Waals surface area contributed by atoms with Crippen molar-refractivity contribution in [3.8, 4) is 0 Å². The standard InChI is InChI=1S/C14H25N5O3/c1-3-13-16-12(17-22-13)11-18-5-7-19(8-6-18)14(20)10-15-4-9-21-2/h15H,3-11H2,1-2H3. The minimum absolute atomic E-state index is 0.142. The van der Waals surface area contributed by atoms with Crippen LogP contribution in [0.2, 0.25) is 0 Å². The molecule has 124 valence electrons. The van der Waals surface area contributed by atoms with Gasteiger partial charge in [-0.3, -0.25) is 9.69 Å². The molecule has 1 amide bonds. The van der Waals surface area contributed by atoms with E-state index in [-0.39, 0.29) is 5.91 Å². The number of ether oxygens (including phenoxy) is 1. The second-order valence-electron chi connectivity index (χ2n) is 5.28. The van der Waals surface area contributed by atoms with Gasteiger partial charge in [0, 0.05) is 46.3 Å². The van der Waals surface area contributed by atoms with Crippen molar-refractivity contribution in [1.29, 1.82) is 0 Å². The third-order valence-electron chi connectivity index (χ3n) is 3.66. The molecule has 0 bridgehead atoms. The molecule has 1 fully saturated rings. The van der Waals surface area contributed by atoms with Gasteiger partial charge in [-0.15, -0.1) is 0 Å². The number of hydrogen-bond acceptors (Lipinski definition) is 7. The van der Waals surface area contributed by atoms with Gasteiger partial charge in [0.05, 0.1) is 19.7 Å². The number of aromatic nitrogens is 2. The summed E-state index contributed by atoms with van der Waals surface area (Å²) in [5.41, 5.74) is 0. The molecular weight excluding hydrogens is 286 g/mol. The molecule has 1 aromatic heterocycles. The summed E-state index contributed by atoms with van der Waals surface area (Å²) in [5.74, 6) is 1.53. The van der Waals surface area contributed by atoms with Crippen LogP contribution in [0.5, 0.6) is 0 Å². The van der Waals surface area contributed by atoms with E-state index < -0.39 is 0 Å². The molecule has 0 radical (unpaired) electrons. The van der Waals surface area contributed by atoms with E-state index in [1.807, 2.05) is 11.8 Å². The van der Waals surface area contributed by atoms with E-state index in [1.54, 1.807) is 7.11 Å². The lowest BCUT2D eigenvalue weighted by Gasteiger charge is -2.34. The fourth-order valence-corrected chi connectivity index (χ4v) is 2.33. The number of carbonyl (C=O) groups is 1. The lowest BCUT2D eigenvalue weighted by molar-refractivity contribution is -0.132. The summed E-state index contributed by atoms with van der Waals surface area (Å²) < 4.78 is 10.0. The van der Waals surface area contributed by atoms with Crippen molar-refractivity contribution in [3.63, 3.8) is 0 Å². The van der Waals surface area contributed by atoms with Crippen LogP contribution in [-0.2, 0) is 22.5 Å². The Morgan fingerprint density at radius 1 is 1.36 bits per heavy atom. The number of hydrogen-bond donors (Lipinski definition) is 1. The van der Waals surface area contributed by atoms with E-state index in [2.05, 4.69) is 20.4 Å². The number of amides is 1. The van der Waals surface area contributed by atoms with Gasteiger partial charge in [-0.1, -0.05) is 12.1 Å². The Bertz CT molecular complexity index is 457. The quantitative estimate of drug-likeness (QED) is 0.649. The van der Waals surface area contributed by atoms with Crippen LogP contribution in [0.15, 0.2) is 4.52 Å². The topological polar surface area (TPSA) is 83.7 Å². The van der Waals surface area contributed by atoms with E-state index in [0.29, 0.717) is 32.1 Å². The summed E-state index contributed by atoms with van der Waals surface area (Å²) in [6.07, 6.45) is 0.755. The van der Waals surface area contributed by atoms with Crippen molar-refractivity contribution in [2.75, 3.05) is 53.0 Å². The Morgan fingerprint density at radius 3 is 2.77 bits per heavy atom. The Kier molecular flexibility index (Phi) is 6.75. The molecule has 0 saturated carbocycles. The maximum absolute atomic E-state index is 12.0. The summed E-state index contributed by atoms with van der Waals surface area (Å²) in [4.78, 5) is 20.5. The second-order valence-corrected chi connectivity index (χ2v) is 5.28. The highest BCUT2D eigenvalue weighted by Gasteiger charge is 2.21. The first-order valence-electron chi connectivity index (χ1n) is 7.74. The van der Waals surface area contributed by atoms with Crippen LogP contribution >= 0.6 is 0 Å². The van der Waals surface area contributed by atoms with Crippen LogP contribution in [0.1, 0.15) is 18.6 Å². The molecule has 1 aliphatic rings. The molecule has 1 aliphatic heterocycles. The Morgan fingerprint density at radius 2 is 2.14 bits per heavy atom. The van der Waals surface area contributed by atoms with Crippen molar-refractivity contribution in [1.82, 2.24) is 25.3 Å². The number of nitrogens with one attached hydrogen (secondary N) is 1. The second kappa shape index (κ2) is 8.82. The third kappa shape index (κ3) is 5.04. The number of piperazine rings is 1. The first kappa shape index (κ1) is 16.9. The monoisotopic (exact) mass is 311 g/mol. The summed E-state index contributed by atoms with van der Waals surface area (Å²) in [6.45, 7) is 7.49. The molecular formula is C14H25N5O3. The predicted octanol–water partition coefficient (Wildman–Crippen LogP) is -0.488. The summed E-state index contributed by atoms with van der Waals surface area (Å²) in [7, 11) is 1.65. The van der Waals surface area contributed by atoms with Crippen molar-refractivity contribution in [2.45, 2.75) is 19.9 Å². The molecule has 1 aromatic rings. The molecule has 1 N–H and O–H groups in total. The SMILES string of the molecule is CCc1nc(CN2CCN(C(=O)CNCCOC)CC2)no1. The molecule has 0 aliphatic carbocycles. The van der Waals surface area contributed by atoms with E-state index in [4.69, 9.17) is 9.26 Å². The highest BCUT2D eigenvalue weighted by molar-refractivity contribution is 5.78. The molecule has 0 aromatic carbocycles. The molecule has 2 rings (SSSR count). The third-order valence-corrected chi connectivity index (χ3v) is 3.66. The van der Waals surface area contributed by atoms with Gasteiger partial charge in [0.1, 0.15) is 0 Å². The Hall–Kier alpha value is -1.51. The molecule has 8 nitrogen and oxygen atoms in total. The fraction of sp³-hybridized carbons (Fsp3) is 0.786. The molecule has 0 unspecified atom stereocenters. The Labute approximate surface area is 130 Å². The smallest absolute Gasteiger partial charge is 0.236 e. The maximum Gasteiger partial charge on any atom is 0.236 e. The largest absolute Gasteiger partial charge is 0.383 e. The summed E-state index contributed by atoms with van der Waals surface area (Å²) in [6, 6.07) is 0. The highest BCUT2D eigenvalue weighted by Crippen LogP contribution is 2.07. The number of carbonyl (C=O) groups excluding carboxylic acids is 1. The van der Waals surface area contributed by atoms with E-state index in [9.17, 15) is 4.79 Å². The van der Waals surface area contributed by atoms with Gasteiger partial charge < -0.3 is 19.5 Å². The van der Waals surface area contributed by atoms with Crippen LogP contribution in [0.4, 0.5) is 0 Å². The van der Waals surface area contributed by atoms with Crippen LogP contribution < -0.4 is 5.32 Å². The van der Waals surface area contributed by atoms with E-state index >= 15 is 0 Å². The van der Waals surface area contributed by atoms with E-state index in [1.165, 1.54) is 0 Å². The predicted molar refractivity (Wildman–Crippen MR) is 80.3 cm³/mol. The van der Waals surface area contributed by atoms with Crippen molar-refractivity contribution in [2.24, 2.45) is 0 Å². The van der Waals surface area contributed by atoms with Crippen LogP contribution in [0, 0.1) is 0 Å². The van der Waals surface area contributed by atoms with E-state index in [0.717, 1.165) is 38.4 Å². The molecule has 0 spiro atoms. The van der Waals surface area contributed by atoms with Crippen molar-refractivity contribution >= 4 is 5.91 Å².